The van der Waals surface area contributed by atoms with Crippen molar-refractivity contribution in [2.24, 2.45) is 0 Å². The lowest BCUT2D eigenvalue weighted by molar-refractivity contribution is -0.167. The molecule has 0 saturated carbocycles. The van der Waals surface area contributed by atoms with E-state index in [1.165, 1.54) is 7.11 Å². The van der Waals surface area contributed by atoms with Crippen LogP contribution in [0.4, 0.5) is 4.39 Å². The van der Waals surface area contributed by atoms with E-state index in [4.69, 9.17) is 39.9 Å². The van der Waals surface area contributed by atoms with Gasteiger partial charge in [0, 0.05) is 48.9 Å². The Morgan fingerprint density at radius 2 is 1.74 bits per heavy atom. The summed E-state index contributed by atoms with van der Waals surface area (Å²) in [6, 6.07) is 19.9. The predicted octanol–water partition coefficient (Wildman–Crippen LogP) is 5.62. The first-order valence-corrected chi connectivity index (χ1v) is 19.3. The molecular weight excluding hydrogens is 775 g/mol. The van der Waals surface area contributed by atoms with E-state index in [1.54, 1.807) is 67.6 Å². The largest absolute Gasteiger partial charge is 0.494 e. The number of nitrogens with zero attached hydrogens (tertiary/aromatic N) is 3. The second kappa shape index (κ2) is 19.9. The Morgan fingerprint density at radius 1 is 0.966 bits per heavy atom. The highest BCUT2D eigenvalue weighted by Crippen LogP contribution is 2.35. The molecule has 0 radical (unpaired) electrons. The van der Waals surface area contributed by atoms with Gasteiger partial charge in [-0.25, -0.2) is 13.8 Å². The molecule has 1 saturated heterocycles. The zero-order valence-corrected chi connectivity index (χ0v) is 33.0. The maximum Gasteiger partial charge on any atom is 0.337 e. The highest BCUT2D eigenvalue weighted by Gasteiger charge is 2.40. The summed E-state index contributed by atoms with van der Waals surface area (Å²) in [5.74, 6) is -0.442. The van der Waals surface area contributed by atoms with Gasteiger partial charge in [-0.05, 0) is 78.0 Å². The first kappa shape index (κ1) is 42.3. The predicted molar refractivity (Wildman–Crippen MR) is 211 cm³/mol. The van der Waals surface area contributed by atoms with Gasteiger partial charge in [0.25, 0.3) is 0 Å². The Morgan fingerprint density at radius 3 is 2.52 bits per heavy atom. The van der Waals surface area contributed by atoms with E-state index >= 15 is 4.39 Å². The SMILES string of the molecule is CCOC(=O)[C@@H](CO)NCc1cc(Cl)c(OCc2cccc(-c3cccc(OCCCN4CCC(O)(C(=O)OC)CC4)c3)c2F)cc1OCc1ccc2nonc2c1. The summed E-state index contributed by atoms with van der Waals surface area (Å²) in [5, 5.41) is 31.2. The first-order chi connectivity index (χ1) is 28.1. The van der Waals surface area contributed by atoms with Crippen molar-refractivity contribution in [2.75, 3.05) is 46.6 Å². The number of carbonyl (C=O) groups is 2. The van der Waals surface area contributed by atoms with Crippen molar-refractivity contribution in [2.45, 2.75) is 57.6 Å². The highest BCUT2D eigenvalue weighted by molar-refractivity contribution is 6.32. The summed E-state index contributed by atoms with van der Waals surface area (Å²) in [7, 11) is 1.28. The van der Waals surface area contributed by atoms with Crippen LogP contribution in [0.1, 0.15) is 42.9 Å². The van der Waals surface area contributed by atoms with Gasteiger partial charge < -0.3 is 38.8 Å². The monoisotopic (exact) mass is 820 g/mol. The van der Waals surface area contributed by atoms with Crippen molar-refractivity contribution in [3.05, 3.63) is 100 Å². The molecule has 1 atom stereocenters. The minimum absolute atomic E-state index is 0.0905. The molecule has 0 spiro atoms. The smallest absolute Gasteiger partial charge is 0.337 e. The molecule has 3 N–H and O–H groups in total. The molecule has 0 aliphatic carbocycles. The molecule has 6 rings (SSSR count). The van der Waals surface area contributed by atoms with Crippen LogP contribution in [0.3, 0.4) is 0 Å². The van der Waals surface area contributed by atoms with Crippen LogP contribution >= 0.6 is 11.6 Å². The number of halogens is 2. The van der Waals surface area contributed by atoms with Crippen LogP contribution in [-0.2, 0) is 38.8 Å². The number of hydrogen-bond acceptors (Lipinski definition) is 14. The van der Waals surface area contributed by atoms with Gasteiger partial charge in [-0.2, -0.15) is 0 Å². The van der Waals surface area contributed by atoms with Gasteiger partial charge in [-0.3, -0.25) is 10.1 Å². The van der Waals surface area contributed by atoms with Crippen molar-refractivity contribution < 1.29 is 52.5 Å². The number of methoxy groups -OCH3 is 1. The molecule has 16 heteroatoms. The molecule has 1 fully saturated rings. The van der Waals surface area contributed by atoms with Crippen molar-refractivity contribution in [3.63, 3.8) is 0 Å². The second-order valence-corrected chi connectivity index (χ2v) is 14.2. The molecule has 1 aromatic heterocycles. The third-order valence-corrected chi connectivity index (χ3v) is 10.2. The average molecular weight is 821 g/mol. The zero-order chi connectivity index (χ0) is 41.1. The number of aliphatic hydroxyl groups excluding tert-OH is 1. The molecular formula is C42H46ClFN4O10. The molecule has 0 amide bonds. The van der Waals surface area contributed by atoms with E-state index in [1.807, 2.05) is 12.1 Å². The van der Waals surface area contributed by atoms with Crippen LogP contribution in [0.2, 0.25) is 5.02 Å². The summed E-state index contributed by atoms with van der Waals surface area (Å²) in [5.41, 5.74) is 2.38. The summed E-state index contributed by atoms with van der Waals surface area (Å²) in [4.78, 5) is 26.4. The van der Waals surface area contributed by atoms with Crippen LogP contribution in [0, 0.1) is 5.82 Å². The van der Waals surface area contributed by atoms with E-state index in [9.17, 15) is 19.8 Å². The molecule has 2 heterocycles. The quantitative estimate of drug-likeness (QED) is 0.0691. The number of rotatable bonds is 19. The first-order valence-electron chi connectivity index (χ1n) is 18.9. The Kier molecular flexibility index (Phi) is 14.5. The number of nitrogens with one attached hydrogen (secondary N) is 1. The van der Waals surface area contributed by atoms with E-state index in [0.29, 0.717) is 77.3 Å². The molecule has 0 unspecified atom stereocenters. The lowest BCUT2D eigenvalue weighted by Gasteiger charge is -2.36. The number of likely N-dealkylation sites (tertiary alicyclic amines) is 1. The third-order valence-electron chi connectivity index (χ3n) is 9.86. The fraction of sp³-hybridized carbons (Fsp3) is 0.381. The van der Waals surface area contributed by atoms with Gasteiger partial charge in [0.15, 0.2) is 5.60 Å². The number of benzene rings is 4. The number of ether oxygens (including phenoxy) is 5. The standard InChI is InChI=1S/C42H46ClFN4O10/c1-3-54-40(50)36(24-49)45-23-30-21-33(43)38(22-37(30)56-25-27-11-12-34-35(19-27)47-58-46-34)57-26-29-8-5-10-32(39(29)44)28-7-4-9-31(20-28)55-18-6-15-48-16-13-42(52,14-17-48)41(51)53-2/h4-5,7-12,19-22,36,45,49,52H,3,6,13-18,23-26H2,1-2H3/t36-/m1/s1. The highest BCUT2D eigenvalue weighted by atomic mass is 35.5. The van der Waals surface area contributed by atoms with Crippen LogP contribution in [0.5, 0.6) is 17.2 Å². The molecule has 5 aromatic rings. The summed E-state index contributed by atoms with van der Waals surface area (Å²) < 4.78 is 49.0. The summed E-state index contributed by atoms with van der Waals surface area (Å²) in [6.45, 7) is 3.76. The van der Waals surface area contributed by atoms with Crippen molar-refractivity contribution in [3.8, 4) is 28.4 Å². The van der Waals surface area contributed by atoms with Crippen LogP contribution in [0.25, 0.3) is 22.2 Å². The Labute approximate surface area is 339 Å². The number of aliphatic hydroxyl groups is 2. The van der Waals surface area contributed by atoms with E-state index in [-0.39, 0.29) is 37.1 Å². The molecule has 0 bridgehead atoms. The van der Waals surface area contributed by atoms with E-state index in [0.717, 1.165) is 18.5 Å². The van der Waals surface area contributed by atoms with Crippen LogP contribution in [-0.4, -0.2) is 95.6 Å². The van der Waals surface area contributed by atoms with E-state index < -0.39 is 36.0 Å². The molecule has 14 nitrogen and oxygen atoms in total. The molecule has 1 aliphatic heterocycles. The summed E-state index contributed by atoms with van der Waals surface area (Å²) >= 11 is 6.70. The number of carbonyl (C=O) groups excluding carboxylic acids is 2. The minimum atomic E-state index is -1.43. The van der Waals surface area contributed by atoms with Crippen molar-refractivity contribution in [1.29, 1.82) is 0 Å². The van der Waals surface area contributed by atoms with Crippen molar-refractivity contribution >= 4 is 34.6 Å². The van der Waals surface area contributed by atoms with Crippen molar-refractivity contribution in [1.82, 2.24) is 20.5 Å². The lowest BCUT2D eigenvalue weighted by atomic mass is 9.91. The van der Waals surface area contributed by atoms with Crippen LogP contribution in [0.15, 0.2) is 77.4 Å². The number of esters is 2. The van der Waals surface area contributed by atoms with Gasteiger partial charge >= 0.3 is 11.9 Å². The average Bonchev–Trinajstić information content (AvgIpc) is 3.71. The topological polar surface area (TPSA) is 175 Å². The number of hydrogen-bond donors (Lipinski definition) is 3. The molecule has 1 aliphatic rings. The Balaban J connectivity index is 1.10. The Hall–Kier alpha value is -5.32. The second-order valence-electron chi connectivity index (χ2n) is 13.8. The van der Waals surface area contributed by atoms with Gasteiger partial charge in [0.2, 0.25) is 0 Å². The molecule has 58 heavy (non-hydrogen) atoms. The maximum atomic E-state index is 16.1. The number of piperidine rings is 1. The number of fused-ring (bicyclic) bond motifs is 1. The van der Waals surface area contributed by atoms with E-state index in [2.05, 4.69) is 20.5 Å². The number of aromatic nitrogens is 2. The van der Waals surface area contributed by atoms with Gasteiger partial charge in [-0.1, -0.05) is 48.0 Å². The molecule has 308 valence electrons. The third kappa shape index (κ3) is 10.6. The Bertz CT molecular complexity index is 2180. The minimum Gasteiger partial charge on any atom is -0.494 e. The van der Waals surface area contributed by atoms with Gasteiger partial charge in [0.05, 0.1) is 32.0 Å². The normalized spacial score (nSPS) is 14.5. The molecule has 4 aromatic carbocycles. The fourth-order valence-corrected chi connectivity index (χ4v) is 6.82. The zero-order valence-electron chi connectivity index (χ0n) is 32.2. The maximum absolute atomic E-state index is 16.1. The van der Waals surface area contributed by atoms with Gasteiger partial charge in [0.1, 0.15) is 53.4 Å². The summed E-state index contributed by atoms with van der Waals surface area (Å²) in [6.07, 6.45) is 1.36. The van der Waals surface area contributed by atoms with Gasteiger partial charge in [-0.15, -0.1) is 0 Å². The fourth-order valence-electron chi connectivity index (χ4n) is 6.58. The lowest BCUT2D eigenvalue weighted by Crippen LogP contribution is -2.50. The van der Waals surface area contributed by atoms with Crippen LogP contribution < -0.4 is 19.5 Å².